The molecule has 0 atom stereocenters. The monoisotopic (exact) mass is 343 g/mol. The van der Waals surface area contributed by atoms with E-state index in [1.165, 1.54) is 17.9 Å². The highest BCUT2D eigenvalue weighted by Crippen LogP contribution is 2.17. The molecule has 0 unspecified atom stereocenters. The van der Waals surface area contributed by atoms with Crippen LogP contribution in [0.4, 0.5) is 20.2 Å². The van der Waals surface area contributed by atoms with Crippen molar-refractivity contribution in [2.24, 2.45) is 0 Å². The maximum Gasteiger partial charge on any atom is 0.226 e. The van der Waals surface area contributed by atoms with E-state index in [4.69, 9.17) is 5.26 Å². The average Bonchev–Trinajstić information content (AvgIpc) is 2.58. The summed E-state index contributed by atoms with van der Waals surface area (Å²) in [7, 11) is 0. The number of nitrogens with one attached hydrogen (secondary N) is 1. The molecule has 0 aliphatic heterocycles. The Balaban J connectivity index is 2.00. The number of nitrogens with zero attached hydrogens (tertiary/aromatic N) is 2. The van der Waals surface area contributed by atoms with E-state index in [0.717, 1.165) is 12.1 Å². The topological polar surface area (TPSA) is 73.2 Å². The second-order valence-corrected chi connectivity index (χ2v) is 5.26. The molecule has 0 spiro atoms. The second-order valence-electron chi connectivity index (χ2n) is 5.26. The van der Waals surface area contributed by atoms with Crippen molar-refractivity contribution in [1.29, 1.82) is 5.26 Å². The van der Waals surface area contributed by atoms with Crippen LogP contribution < -0.4 is 10.2 Å². The molecule has 5 nitrogen and oxygen atoms in total. The molecule has 0 bridgehead atoms. The largest absolute Gasteiger partial charge is 0.326 e. The maximum atomic E-state index is 13.1. The third-order valence-corrected chi connectivity index (χ3v) is 3.45. The number of carbonyl (C=O) groups is 2. The zero-order valence-electron chi connectivity index (χ0n) is 13.4. The van der Waals surface area contributed by atoms with E-state index < -0.39 is 17.5 Å². The summed E-state index contributed by atoms with van der Waals surface area (Å²) in [5.74, 6) is -2.75. The Kier molecular flexibility index (Phi) is 5.79. The quantitative estimate of drug-likeness (QED) is 0.906. The standard InChI is InChI=1S/C18H15F2N3O2/c1-12(24)23(15-5-2-13(11-21)3-6-15)9-8-18(25)22-14-4-7-16(19)17(20)10-14/h2-7,10H,8-9H2,1H3,(H,22,25). The van der Waals surface area contributed by atoms with Gasteiger partial charge < -0.3 is 10.2 Å². The van der Waals surface area contributed by atoms with Gasteiger partial charge in [-0.15, -0.1) is 0 Å². The molecular weight excluding hydrogens is 328 g/mol. The van der Waals surface area contributed by atoms with E-state index in [-0.39, 0.29) is 24.6 Å². The molecule has 0 saturated heterocycles. The second kappa shape index (κ2) is 8.02. The Bertz CT molecular complexity index is 829. The molecule has 2 aromatic rings. The van der Waals surface area contributed by atoms with Gasteiger partial charge in [0.15, 0.2) is 11.6 Å². The molecular formula is C18H15F2N3O2. The lowest BCUT2D eigenvalue weighted by Crippen LogP contribution is -2.31. The van der Waals surface area contributed by atoms with Crippen LogP contribution in [0.1, 0.15) is 18.9 Å². The van der Waals surface area contributed by atoms with Gasteiger partial charge in [0.2, 0.25) is 11.8 Å². The van der Waals surface area contributed by atoms with E-state index >= 15 is 0 Å². The summed E-state index contributed by atoms with van der Waals surface area (Å²) in [6.07, 6.45) is -0.0292. The minimum atomic E-state index is -1.05. The van der Waals surface area contributed by atoms with Gasteiger partial charge >= 0.3 is 0 Å². The molecule has 0 aliphatic carbocycles. The van der Waals surface area contributed by atoms with E-state index in [9.17, 15) is 18.4 Å². The molecule has 25 heavy (non-hydrogen) atoms. The van der Waals surface area contributed by atoms with Crippen LogP contribution in [0.2, 0.25) is 0 Å². The molecule has 2 aromatic carbocycles. The van der Waals surface area contributed by atoms with Crippen molar-refractivity contribution in [1.82, 2.24) is 0 Å². The highest BCUT2D eigenvalue weighted by molar-refractivity contribution is 5.94. The van der Waals surface area contributed by atoms with Crippen LogP contribution in [0.25, 0.3) is 0 Å². The van der Waals surface area contributed by atoms with Crippen LogP contribution in [0.5, 0.6) is 0 Å². The number of rotatable bonds is 5. The number of hydrogen-bond acceptors (Lipinski definition) is 3. The van der Waals surface area contributed by atoms with Crippen LogP contribution >= 0.6 is 0 Å². The normalized spacial score (nSPS) is 10.0. The van der Waals surface area contributed by atoms with Crippen molar-refractivity contribution >= 4 is 23.2 Å². The summed E-state index contributed by atoms with van der Waals surface area (Å²) in [5.41, 5.74) is 1.16. The van der Waals surface area contributed by atoms with Gasteiger partial charge in [0.25, 0.3) is 0 Å². The third-order valence-electron chi connectivity index (χ3n) is 3.45. The van der Waals surface area contributed by atoms with E-state index in [0.29, 0.717) is 11.3 Å². The van der Waals surface area contributed by atoms with Crippen LogP contribution in [0, 0.1) is 23.0 Å². The average molecular weight is 343 g/mol. The molecule has 0 radical (unpaired) electrons. The molecule has 0 heterocycles. The molecule has 0 fully saturated rings. The summed E-state index contributed by atoms with van der Waals surface area (Å²) in [6, 6.07) is 11.4. The molecule has 0 aromatic heterocycles. The van der Waals surface area contributed by atoms with Crippen molar-refractivity contribution in [3.05, 3.63) is 59.7 Å². The molecule has 128 valence electrons. The van der Waals surface area contributed by atoms with E-state index in [2.05, 4.69) is 5.32 Å². The van der Waals surface area contributed by atoms with Crippen LogP contribution in [-0.2, 0) is 9.59 Å². The first-order valence-electron chi connectivity index (χ1n) is 7.44. The lowest BCUT2D eigenvalue weighted by atomic mass is 10.2. The van der Waals surface area contributed by atoms with Gasteiger partial charge in [0.1, 0.15) is 0 Å². The Labute approximate surface area is 143 Å². The highest BCUT2D eigenvalue weighted by atomic mass is 19.2. The van der Waals surface area contributed by atoms with Crippen molar-refractivity contribution in [3.8, 4) is 6.07 Å². The summed E-state index contributed by atoms with van der Waals surface area (Å²) in [6.45, 7) is 1.47. The maximum absolute atomic E-state index is 13.1. The Morgan fingerprint density at radius 3 is 2.36 bits per heavy atom. The van der Waals surface area contributed by atoms with Gasteiger partial charge in [-0.05, 0) is 36.4 Å². The smallest absolute Gasteiger partial charge is 0.226 e. The summed E-state index contributed by atoms with van der Waals surface area (Å²) in [4.78, 5) is 25.1. The predicted molar refractivity (Wildman–Crippen MR) is 88.8 cm³/mol. The minimum Gasteiger partial charge on any atom is -0.326 e. The van der Waals surface area contributed by atoms with Gasteiger partial charge in [0.05, 0.1) is 11.6 Å². The SMILES string of the molecule is CC(=O)N(CCC(=O)Nc1ccc(F)c(F)c1)c1ccc(C#N)cc1. The molecule has 0 aliphatic rings. The molecule has 7 heteroatoms. The number of halogens is 2. The summed E-state index contributed by atoms with van der Waals surface area (Å²) >= 11 is 0. The van der Waals surface area contributed by atoms with Crippen molar-refractivity contribution in [2.45, 2.75) is 13.3 Å². The Hall–Kier alpha value is -3.27. The molecule has 2 rings (SSSR count). The number of benzene rings is 2. The molecule has 1 N–H and O–H groups in total. The Morgan fingerprint density at radius 1 is 1.12 bits per heavy atom. The van der Waals surface area contributed by atoms with Crippen molar-refractivity contribution in [3.63, 3.8) is 0 Å². The lowest BCUT2D eigenvalue weighted by Gasteiger charge is -2.21. The Morgan fingerprint density at radius 2 is 1.80 bits per heavy atom. The number of nitriles is 1. The fourth-order valence-corrected chi connectivity index (χ4v) is 2.19. The lowest BCUT2D eigenvalue weighted by molar-refractivity contribution is -0.117. The third kappa shape index (κ3) is 4.85. The van der Waals surface area contributed by atoms with Gasteiger partial charge in [-0.1, -0.05) is 0 Å². The first kappa shape index (κ1) is 18.1. The van der Waals surface area contributed by atoms with Gasteiger partial charge in [0, 0.05) is 37.3 Å². The van der Waals surface area contributed by atoms with Crippen molar-refractivity contribution in [2.75, 3.05) is 16.8 Å². The first-order valence-corrected chi connectivity index (χ1v) is 7.44. The molecule has 2 amide bonds. The van der Waals surface area contributed by atoms with Crippen molar-refractivity contribution < 1.29 is 18.4 Å². The van der Waals surface area contributed by atoms with Gasteiger partial charge in [-0.2, -0.15) is 5.26 Å². The first-order chi connectivity index (χ1) is 11.9. The number of carbonyl (C=O) groups excluding carboxylic acids is 2. The van der Waals surface area contributed by atoms with Crippen LogP contribution in [-0.4, -0.2) is 18.4 Å². The molecule has 0 saturated carbocycles. The zero-order chi connectivity index (χ0) is 18.4. The van der Waals surface area contributed by atoms with E-state index in [1.807, 2.05) is 6.07 Å². The highest BCUT2D eigenvalue weighted by Gasteiger charge is 2.14. The van der Waals surface area contributed by atoms with Gasteiger partial charge in [-0.3, -0.25) is 9.59 Å². The zero-order valence-corrected chi connectivity index (χ0v) is 13.4. The summed E-state index contributed by atoms with van der Waals surface area (Å²) in [5, 5.41) is 11.2. The van der Waals surface area contributed by atoms with Crippen LogP contribution in [0.3, 0.4) is 0 Å². The fraction of sp³-hybridized carbons (Fsp3) is 0.167. The minimum absolute atomic E-state index is 0.0292. The number of hydrogen-bond donors (Lipinski definition) is 1. The summed E-state index contributed by atoms with van der Waals surface area (Å²) < 4.78 is 26.0. The van der Waals surface area contributed by atoms with Crippen LogP contribution in [0.15, 0.2) is 42.5 Å². The van der Waals surface area contributed by atoms with E-state index in [1.54, 1.807) is 24.3 Å². The predicted octanol–water partition coefficient (Wildman–Crippen LogP) is 3.22. The number of anilines is 2. The fourth-order valence-electron chi connectivity index (χ4n) is 2.19. The van der Waals surface area contributed by atoms with Gasteiger partial charge in [-0.25, -0.2) is 8.78 Å². The number of amides is 2.